The van der Waals surface area contributed by atoms with E-state index in [1.54, 1.807) is 77.0 Å². The van der Waals surface area contributed by atoms with E-state index in [1.165, 1.54) is 116 Å². The second-order valence-electron chi connectivity index (χ2n) is 20.7. The summed E-state index contributed by atoms with van der Waals surface area (Å²) in [6, 6.07) is 3.50. The fraction of sp³-hybridized carbons (Fsp3) is 1.00. The molecular weight excluding hydrogens is 609 g/mol. The summed E-state index contributed by atoms with van der Waals surface area (Å²) in [6.45, 7) is 2.54. The Bertz CT molecular complexity index is 1020. The van der Waals surface area contributed by atoms with Crippen LogP contribution in [0.3, 0.4) is 0 Å². The van der Waals surface area contributed by atoms with Crippen LogP contribution < -0.4 is 10.6 Å². The van der Waals surface area contributed by atoms with Gasteiger partial charge in [0.1, 0.15) is 0 Å². The largest absolute Gasteiger partial charge is 0.302 e. The molecule has 16 atom stereocenters. The van der Waals surface area contributed by atoms with Gasteiger partial charge in [-0.25, -0.2) is 0 Å². The van der Waals surface area contributed by atoms with Crippen molar-refractivity contribution in [2.75, 3.05) is 13.1 Å². The van der Waals surface area contributed by atoms with Gasteiger partial charge in [0.25, 0.3) is 0 Å². The summed E-state index contributed by atoms with van der Waals surface area (Å²) < 4.78 is 0. The lowest BCUT2D eigenvalue weighted by atomic mass is 9.46. The normalized spacial score (nSPS) is 51.0. The van der Waals surface area contributed by atoms with Crippen molar-refractivity contribution in [2.24, 2.45) is 59.2 Å². The summed E-state index contributed by atoms with van der Waals surface area (Å²) in [5.41, 5.74) is 0. The molecule has 0 aromatic carbocycles. The average Bonchev–Trinajstić information content (AvgIpc) is 3.19. The molecule has 50 heavy (non-hydrogen) atoms. The molecule has 2 N–H and O–H groups in total. The highest BCUT2D eigenvalue weighted by Crippen LogP contribution is 2.62. The molecule has 4 heteroatoms. The number of fused-ring (bicyclic) bond motifs is 2. The minimum atomic E-state index is 0.676. The van der Waals surface area contributed by atoms with Crippen molar-refractivity contribution < 1.29 is 0 Å². The van der Waals surface area contributed by atoms with E-state index in [1.807, 2.05) is 0 Å². The third-order valence-corrected chi connectivity index (χ3v) is 18.8. The van der Waals surface area contributed by atoms with E-state index in [4.69, 9.17) is 0 Å². The van der Waals surface area contributed by atoms with Gasteiger partial charge >= 0.3 is 0 Å². The summed E-state index contributed by atoms with van der Waals surface area (Å²) in [5, 5.41) is 8.45. The fourth-order valence-corrected chi connectivity index (χ4v) is 17.1. The molecule has 2 aliphatic heterocycles. The number of rotatable bonds is 6. The van der Waals surface area contributed by atoms with Crippen molar-refractivity contribution in [3.8, 4) is 0 Å². The standard InChI is InChI=1S/C46H78N4/c1-3-15-35-31(11-1)13-9-17-39(35)49(43-19-5-7-29-47-43)41-27-23-33-22-26-38-42(28-24-34-21-25-37(41)45(33)46(34)38)50(44-20-6-8-30-48-44)40-18-10-14-32-12-2-4-16-36(32)40/h31-48H,1-30H2. The highest BCUT2D eigenvalue weighted by Gasteiger charge is 2.59. The van der Waals surface area contributed by atoms with Gasteiger partial charge < -0.3 is 10.6 Å². The van der Waals surface area contributed by atoms with Crippen molar-refractivity contribution in [1.29, 1.82) is 0 Å². The van der Waals surface area contributed by atoms with Crippen LogP contribution in [0.5, 0.6) is 0 Å². The smallest absolute Gasteiger partial charge is 0.0602 e. The zero-order valence-electron chi connectivity index (χ0n) is 32.3. The van der Waals surface area contributed by atoms with Crippen LogP contribution in [0, 0.1) is 59.2 Å². The van der Waals surface area contributed by atoms with Crippen LogP contribution in [0.15, 0.2) is 0 Å². The summed E-state index contributed by atoms with van der Waals surface area (Å²) in [5.74, 6) is 10.3. The zero-order chi connectivity index (χ0) is 33.0. The maximum absolute atomic E-state index is 4.22. The SMILES string of the molecule is C1CCC(N(C2CCCC3CCCCC32)C2CCC3CCC4C5C(CCC2C35)CCC4N(C2CCCCN2)C2CCCC3CCCCC32)NC1. The van der Waals surface area contributed by atoms with Crippen molar-refractivity contribution >= 4 is 0 Å². The Hall–Kier alpha value is -0.160. The van der Waals surface area contributed by atoms with Gasteiger partial charge in [-0.05, 0) is 188 Å². The van der Waals surface area contributed by atoms with Crippen LogP contribution in [0.1, 0.15) is 180 Å². The molecule has 4 nitrogen and oxygen atoms in total. The molecule has 10 fully saturated rings. The molecule has 282 valence electrons. The Morgan fingerprint density at radius 1 is 0.280 bits per heavy atom. The fourth-order valence-electron chi connectivity index (χ4n) is 17.1. The van der Waals surface area contributed by atoms with Gasteiger partial charge in [0.15, 0.2) is 0 Å². The molecule has 16 unspecified atom stereocenters. The van der Waals surface area contributed by atoms with E-state index in [0.717, 1.165) is 83.3 Å². The van der Waals surface area contributed by atoms with Crippen LogP contribution >= 0.6 is 0 Å². The first-order valence-corrected chi connectivity index (χ1v) is 23.8. The molecule has 0 aromatic rings. The highest BCUT2D eigenvalue weighted by molar-refractivity contribution is 5.10. The molecule has 0 bridgehead atoms. The van der Waals surface area contributed by atoms with E-state index >= 15 is 0 Å². The number of nitrogens with zero attached hydrogens (tertiary/aromatic N) is 2. The molecular formula is C46H78N4. The molecule has 2 heterocycles. The van der Waals surface area contributed by atoms with E-state index in [0.29, 0.717) is 12.3 Å². The van der Waals surface area contributed by atoms with Crippen LogP contribution in [-0.4, -0.2) is 59.4 Å². The van der Waals surface area contributed by atoms with Gasteiger partial charge in [0.05, 0.1) is 12.3 Å². The van der Waals surface area contributed by atoms with Crippen molar-refractivity contribution in [1.82, 2.24) is 20.4 Å². The van der Waals surface area contributed by atoms with E-state index in [-0.39, 0.29) is 0 Å². The van der Waals surface area contributed by atoms with Crippen LogP contribution in [0.2, 0.25) is 0 Å². The number of hydrogen-bond donors (Lipinski definition) is 2. The quantitative estimate of drug-likeness (QED) is 0.291. The second kappa shape index (κ2) is 15.2. The predicted molar refractivity (Wildman–Crippen MR) is 207 cm³/mol. The Kier molecular flexibility index (Phi) is 10.4. The lowest BCUT2D eigenvalue weighted by Crippen LogP contribution is -2.67. The first kappa shape index (κ1) is 34.3. The monoisotopic (exact) mass is 687 g/mol. The number of nitrogens with one attached hydrogen (secondary N) is 2. The number of hydrogen-bond acceptors (Lipinski definition) is 4. The van der Waals surface area contributed by atoms with Gasteiger partial charge in [0, 0.05) is 24.2 Å². The van der Waals surface area contributed by atoms with Gasteiger partial charge in [-0.1, -0.05) is 64.2 Å². The van der Waals surface area contributed by atoms with E-state index < -0.39 is 0 Å². The van der Waals surface area contributed by atoms with Crippen LogP contribution in [0.4, 0.5) is 0 Å². The highest BCUT2D eigenvalue weighted by atomic mass is 15.3. The maximum Gasteiger partial charge on any atom is 0.0602 e. The van der Waals surface area contributed by atoms with Gasteiger partial charge in [-0.15, -0.1) is 0 Å². The molecule has 0 aromatic heterocycles. The molecule has 10 aliphatic rings. The summed E-state index contributed by atoms with van der Waals surface area (Å²) in [4.78, 5) is 6.71. The second-order valence-corrected chi connectivity index (χ2v) is 20.7. The summed E-state index contributed by atoms with van der Waals surface area (Å²) in [7, 11) is 0. The minimum Gasteiger partial charge on any atom is -0.302 e. The third-order valence-electron chi connectivity index (χ3n) is 18.8. The molecule has 0 amide bonds. The van der Waals surface area contributed by atoms with E-state index in [2.05, 4.69) is 20.4 Å². The van der Waals surface area contributed by atoms with E-state index in [9.17, 15) is 0 Å². The lowest BCUT2D eigenvalue weighted by Gasteiger charge is -2.65. The Labute approximate surface area is 308 Å². The summed E-state index contributed by atoms with van der Waals surface area (Å²) in [6.07, 6.45) is 43.9. The predicted octanol–water partition coefficient (Wildman–Crippen LogP) is 10.1. The average molecular weight is 687 g/mol. The molecule has 2 saturated heterocycles. The summed E-state index contributed by atoms with van der Waals surface area (Å²) >= 11 is 0. The lowest BCUT2D eigenvalue weighted by molar-refractivity contribution is -0.160. The van der Waals surface area contributed by atoms with Crippen molar-refractivity contribution in [3.63, 3.8) is 0 Å². The van der Waals surface area contributed by atoms with Gasteiger partial charge in [0.2, 0.25) is 0 Å². The molecule has 8 saturated carbocycles. The molecule has 0 spiro atoms. The Morgan fingerprint density at radius 2 is 0.680 bits per heavy atom. The number of piperidine rings is 2. The van der Waals surface area contributed by atoms with Gasteiger partial charge in [-0.3, -0.25) is 9.80 Å². The first-order valence-electron chi connectivity index (χ1n) is 23.8. The molecule has 10 rings (SSSR count). The Balaban J connectivity index is 0.964. The van der Waals surface area contributed by atoms with Gasteiger partial charge in [-0.2, -0.15) is 0 Å². The van der Waals surface area contributed by atoms with Crippen LogP contribution in [-0.2, 0) is 0 Å². The van der Waals surface area contributed by atoms with Crippen LogP contribution in [0.25, 0.3) is 0 Å². The third kappa shape index (κ3) is 6.23. The molecule has 0 radical (unpaired) electrons. The van der Waals surface area contributed by atoms with Crippen molar-refractivity contribution in [3.05, 3.63) is 0 Å². The topological polar surface area (TPSA) is 30.5 Å². The first-order chi connectivity index (χ1) is 24.8. The van der Waals surface area contributed by atoms with Crippen molar-refractivity contribution in [2.45, 2.75) is 216 Å². The Morgan fingerprint density at radius 3 is 1.14 bits per heavy atom. The maximum atomic E-state index is 4.22. The zero-order valence-corrected chi connectivity index (χ0v) is 32.3. The molecule has 8 aliphatic carbocycles. The minimum absolute atomic E-state index is 0.676.